The molecule has 4 nitrogen and oxygen atoms in total. The number of amides is 1. The molecule has 0 bridgehead atoms. The van der Waals surface area contributed by atoms with Crippen molar-refractivity contribution in [3.8, 4) is 0 Å². The molecule has 1 N–H and O–H groups in total. The third-order valence-electron chi connectivity index (χ3n) is 2.04. The first-order chi connectivity index (χ1) is 7.66. The van der Waals surface area contributed by atoms with E-state index in [1.807, 2.05) is 12.1 Å². The summed E-state index contributed by atoms with van der Waals surface area (Å²) in [4.78, 5) is 11.0. The quantitative estimate of drug-likeness (QED) is 0.908. The van der Waals surface area contributed by atoms with Crippen molar-refractivity contribution in [1.82, 2.24) is 0 Å². The number of rotatable bonds is 2. The van der Waals surface area contributed by atoms with Crippen LogP contribution in [0.15, 0.2) is 35.2 Å². The van der Waals surface area contributed by atoms with Gasteiger partial charge in [0.1, 0.15) is 12.5 Å². The topological polar surface area (TPSA) is 47.6 Å². The van der Waals surface area contributed by atoms with Gasteiger partial charge in [0, 0.05) is 11.4 Å². The molecule has 0 aliphatic carbocycles. The van der Waals surface area contributed by atoms with E-state index in [0.29, 0.717) is 5.69 Å². The highest BCUT2D eigenvalue weighted by Gasteiger charge is 2.20. The minimum Gasteiger partial charge on any atom is -0.455 e. The number of nitrogens with one attached hydrogen (secondary N) is 1. The first-order valence-electron chi connectivity index (χ1n) is 4.70. The summed E-state index contributed by atoms with van der Waals surface area (Å²) in [5.41, 5.74) is 1.46. The molecule has 1 aromatic rings. The molecule has 0 aromatic heterocycles. The zero-order chi connectivity index (χ0) is 11.5. The van der Waals surface area contributed by atoms with Crippen LogP contribution in [-0.4, -0.2) is 5.91 Å². The molecule has 2 rings (SSSR count). The van der Waals surface area contributed by atoms with Crippen molar-refractivity contribution in [1.29, 1.82) is 0 Å². The van der Waals surface area contributed by atoms with Crippen LogP contribution in [0.1, 0.15) is 18.8 Å². The molecule has 0 radical (unpaired) electrons. The highest BCUT2D eigenvalue weighted by atomic mass is 79.9. The highest BCUT2D eigenvalue weighted by Crippen LogP contribution is 2.32. The van der Waals surface area contributed by atoms with E-state index in [-0.39, 0.29) is 5.91 Å². The lowest BCUT2D eigenvalue weighted by Crippen LogP contribution is -2.10. The Morgan fingerprint density at radius 1 is 1.38 bits per heavy atom. The lowest BCUT2D eigenvalue weighted by Gasteiger charge is -2.15. The summed E-state index contributed by atoms with van der Waals surface area (Å²) in [5.74, 6) is -0.130. The fourth-order valence-corrected chi connectivity index (χ4v) is 1.80. The zero-order valence-corrected chi connectivity index (χ0v) is 10.2. The van der Waals surface area contributed by atoms with Gasteiger partial charge in [0.2, 0.25) is 5.91 Å². The van der Waals surface area contributed by atoms with Crippen LogP contribution in [0.3, 0.4) is 0 Å². The maximum absolute atomic E-state index is 11.0. The molecule has 0 atom stereocenters. The van der Waals surface area contributed by atoms with Crippen LogP contribution in [-0.2, 0) is 14.3 Å². The SMILES string of the molecule is CC(=O)Nc1ccc(Br)cc1C1OC=CO1. The molecule has 5 heteroatoms. The number of carbonyl (C=O) groups excluding carboxylic acids is 1. The van der Waals surface area contributed by atoms with Gasteiger partial charge in [-0.3, -0.25) is 4.79 Å². The van der Waals surface area contributed by atoms with Gasteiger partial charge in [-0.1, -0.05) is 15.9 Å². The molecule has 0 spiro atoms. The molecule has 0 saturated heterocycles. The predicted octanol–water partition coefficient (Wildman–Crippen LogP) is 2.92. The Morgan fingerprint density at radius 3 is 2.69 bits per heavy atom. The van der Waals surface area contributed by atoms with Crippen LogP contribution in [0.4, 0.5) is 5.69 Å². The monoisotopic (exact) mass is 283 g/mol. The summed E-state index contributed by atoms with van der Waals surface area (Å²) in [7, 11) is 0. The smallest absolute Gasteiger partial charge is 0.268 e. The van der Waals surface area contributed by atoms with Gasteiger partial charge in [0.25, 0.3) is 6.29 Å². The fourth-order valence-electron chi connectivity index (χ4n) is 1.42. The van der Waals surface area contributed by atoms with Gasteiger partial charge in [0.15, 0.2) is 0 Å². The predicted molar refractivity (Wildman–Crippen MR) is 62.5 cm³/mol. The molecule has 1 aliphatic rings. The second-order valence-corrected chi connectivity index (χ2v) is 4.20. The minimum absolute atomic E-state index is 0.130. The molecule has 0 saturated carbocycles. The molecule has 1 heterocycles. The van der Waals surface area contributed by atoms with Crippen molar-refractivity contribution in [3.63, 3.8) is 0 Å². The van der Waals surface area contributed by atoms with E-state index >= 15 is 0 Å². The maximum Gasteiger partial charge on any atom is 0.268 e. The van der Waals surface area contributed by atoms with E-state index in [1.54, 1.807) is 6.07 Å². The molecule has 0 unspecified atom stereocenters. The van der Waals surface area contributed by atoms with Crippen LogP contribution in [0.2, 0.25) is 0 Å². The number of carbonyl (C=O) groups is 1. The summed E-state index contributed by atoms with van der Waals surface area (Å²) in [6.07, 6.45) is 2.45. The molecular weight excluding hydrogens is 274 g/mol. The molecule has 84 valence electrons. The first-order valence-corrected chi connectivity index (χ1v) is 5.49. The van der Waals surface area contributed by atoms with Gasteiger partial charge in [-0.15, -0.1) is 0 Å². The fraction of sp³-hybridized carbons (Fsp3) is 0.182. The van der Waals surface area contributed by atoms with Crippen molar-refractivity contribution < 1.29 is 14.3 Å². The van der Waals surface area contributed by atoms with Gasteiger partial charge in [-0.25, -0.2) is 0 Å². The first kappa shape index (κ1) is 11.0. The Morgan fingerprint density at radius 2 is 2.06 bits per heavy atom. The van der Waals surface area contributed by atoms with Crippen molar-refractivity contribution >= 4 is 27.5 Å². The van der Waals surface area contributed by atoms with E-state index in [2.05, 4.69) is 21.2 Å². The Kier molecular flexibility index (Phi) is 3.14. The van der Waals surface area contributed by atoms with Gasteiger partial charge in [-0.2, -0.15) is 0 Å². The Hall–Kier alpha value is -1.49. The van der Waals surface area contributed by atoms with Gasteiger partial charge < -0.3 is 14.8 Å². The van der Waals surface area contributed by atoms with Crippen LogP contribution in [0, 0.1) is 0 Å². The minimum atomic E-state index is -0.501. The molecule has 1 amide bonds. The van der Waals surface area contributed by atoms with Gasteiger partial charge in [0.05, 0.1) is 11.3 Å². The summed E-state index contributed by atoms with van der Waals surface area (Å²) in [6.45, 7) is 1.46. The van der Waals surface area contributed by atoms with E-state index in [4.69, 9.17) is 9.47 Å². The third-order valence-corrected chi connectivity index (χ3v) is 2.53. The zero-order valence-electron chi connectivity index (χ0n) is 8.57. The van der Waals surface area contributed by atoms with E-state index in [0.717, 1.165) is 10.0 Å². The molecule has 1 aliphatic heterocycles. The largest absolute Gasteiger partial charge is 0.455 e. The number of hydrogen-bond acceptors (Lipinski definition) is 3. The number of anilines is 1. The van der Waals surface area contributed by atoms with E-state index < -0.39 is 6.29 Å². The maximum atomic E-state index is 11.0. The number of ether oxygens (including phenoxy) is 2. The van der Waals surface area contributed by atoms with Crippen molar-refractivity contribution in [2.24, 2.45) is 0 Å². The van der Waals surface area contributed by atoms with Crippen molar-refractivity contribution in [2.45, 2.75) is 13.2 Å². The number of hydrogen-bond donors (Lipinski definition) is 1. The molecular formula is C11H10BrNO3. The standard InChI is InChI=1S/C11H10BrNO3/c1-7(14)13-10-3-2-8(12)6-9(10)11-15-4-5-16-11/h2-6,11H,1H3,(H,13,14). The molecule has 16 heavy (non-hydrogen) atoms. The van der Waals surface area contributed by atoms with Crippen LogP contribution >= 0.6 is 15.9 Å². The summed E-state index contributed by atoms with van der Waals surface area (Å²) in [6, 6.07) is 5.49. The van der Waals surface area contributed by atoms with Crippen LogP contribution in [0.25, 0.3) is 0 Å². The van der Waals surface area contributed by atoms with Crippen molar-refractivity contribution in [3.05, 3.63) is 40.8 Å². The highest BCUT2D eigenvalue weighted by molar-refractivity contribution is 9.10. The Labute approximate surface area is 101 Å². The summed E-state index contributed by atoms with van der Waals surface area (Å²) >= 11 is 3.37. The lowest BCUT2D eigenvalue weighted by molar-refractivity contribution is -0.114. The van der Waals surface area contributed by atoms with Crippen LogP contribution < -0.4 is 5.32 Å². The van der Waals surface area contributed by atoms with Crippen molar-refractivity contribution in [2.75, 3.05) is 5.32 Å². The van der Waals surface area contributed by atoms with Gasteiger partial charge in [-0.05, 0) is 18.2 Å². The average molecular weight is 284 g/mol. The number of halogens is 1. The second-order valence-electron chi connectivity index (χ2n) is 3.29. The van der Waals surface area contributed by atoms with E-state index in [9.17, 15) is 4.79 Å². The second kappa shape index (κ2) is 4.57. The Balaban J connectivity index is 2.32. The molecule has 0 fully saturated rings. The van der Waals surface area contributed by atoms with Crippen LogP contribution in [0.5, 0.6) is 0 Å². The summed E-state index contributed by atoms with van der Waals surface area (Å²) in [5, 5.41) is 2.73. The summed E-state index contributed by atoms with van der Waals surface area (Å²) < 4.78 is 11.4. The lowest BCUT2D eigenvalue weighted by atomic mass is 10.1. The number of benzene rings is 1. The van der Waals surface area contributed by atoms with Gasteiger partial charge >= 0.3 is 0 Å². The average Bonchev–Trinajstić information content (AvgIpc) is 2.73. The normalized spacial score (nSPS) is 14.4. The Bertz CT molecular complexity index is 437. The third kappa shape index (κ3) is 2.36. The molecule has 1 aromatic carbocycles. The van der Waals surface area contributed by atoms with E-state index in [1.165, 1.54) is 19.4 Å².